The molecule has 1 aromatic heterocycles. The standard InChI is InChI=1S/C27H31NO6S/c1-35(31,32)28-12-10-18(11-13-28)3-2-14-33-21-6-8-22-19(15-21)4-9-26-27(22)24(17-34-26)23-7-5-20(29)16-25(23)30/h4,6,8-9,15,17-18,23H,2-3,5,7,10-14,16H2,1H3/t23-/m0/s1. The van der Waals surface area contributed by atoms with E-state index >= 15 is 0 Å². The topological polar surface area (TPSA) is 93.9 Å². The molecule has 1 aliphatic carbocycles. The zero-order valence-corrected chi connectivity index (χ0v) is 20.8. The minimum atomic E-state index is -3.08. The van der Waals surface area contributed by atoms with Crippen LogP contribution in [0, 0.1) is 5.92 Å². The van der Waals surface area contributed by atoms with Gasteiger partial charge in [0.05, 0.1) is 25.5 Å². The SMILES string of the molecule is CS(=O)(=O)N1CCC(CCCOc2ccc3c(ccc4occ([C@@H]5CCC(=O)CC5=O)c43)c2)CC1. The predicted octanol–water partition coefficient (Wildman–Crippen LogP) is 4.82. The highest BCUT2D eigenvalue weighted by Gasteiger charge is 2.31. The van der Waals surface area contributed by atoms with E-state index < -0.39 is 10.0 Å². The van der Waals surface area contributed by atoms with Crippen LogP contribution in [0.3, 0.4) is 0 Å². The molecule has 8 heteroatoms. The largest absolute Gasteiger partial charge is 0.494 e. The van der Waals surface area contributed by atoms with Crippen molar-refractivity contribution in [1.29, 1.82) is 0 Å². The summed E-state index contributed by atoms with van der Waals surface area (Å²) in [4.78, 5) is 24.2. The molecule has 0 radical (unpaired) electrons. The Hall–Kier alpha value is -2.71. The molecule has 2 aromatic carbocycles. The van der Waals surface area contributed by atoms with Crippen molar-refractivity contribution >= 4 is 43.3 Å². The van der Waals surface area contributed by atoms with E-state index in [1.807, 2.05) is 30.3 Å². The number of Topliss-reactive ketones (excluding diaryl/α,β-unsaturated/α-hetero) is 2. The van der Waals surface area contributed by atoms with Crippen molar-refractivity contribution in [1.82, 2.24) is 4.31 Å². The van der Waals surface area contributed by atoms with Crippen LogP contribution in [-0.2, 0) is 19.6 Å². The number of nitrogens with zero attached hydrogens (tertiary/aromatic N) is 1. The number of hydrogen-bond donors (Lipinski definition) is 0. The molecular formula is C27H31NO6S. The lowest BCUT2D eigenvalue weighted by Crippen LogP contribution is -2.37. The number of ether oxygens (including phenoxy) is 1. The first-order valence-corrected chi connectivity index (χ1v) is 14.2. The third kappa shape index (κ3) is 5.14. The van der Waals surface area contributed by atoms with Crippen LogP contribution >= 0.6 is 0 Å². The van der Waals surface area contributed by atoms with E-state index in [9.17, 15) is 18.0 Å². The van der Waals surface area contributed by atoms with Gasteiger partial charge in [0.25, 0.3) is 0 Å². The monoisotopic (exact) mass is 497 g/mol. The zero-order valence-electron chi connectivity index (χ0n) is 20.0. The van der Waals surface area contributed by atoms with Crippen molar-refractivity contribution in [3.8, 4) is 5.75 Å². The highest BCUT2D eigenvalue weighted by Crippen LogP contribution is 2.39. The Kier molecular flexibility index (Phi) is 6.68. The molecule has 1 saturated heterocycles. The molecule has 0 unspecified atom stereocenters. The van der Waals surface area contributed by atoms with Crippen LogP contribution in [0.4, 0.5) is 0 Å². The first kappa shape index (κ1) is 24.0. The van der Waals surface area contributed by atoms with Gasteiger partial charge in [-0.1, -0.05) is 6.07 Å². The van der Waals surface area contributed by atoms with Crippen molar-refractivity contribution in [2.45, 2.75) is 50.9 Å². The fourth-order valence-corrected chi connectivity index (χ4v) is 6.38. The number of hydrogen-bond acceptors (Lipinski definition) is 6. The van der Waals surface area contributed by atoms with E-state index in [1.54, 1.807) is 10.6 Å². The predicted molar refractivity (Wildman–Crippen MR) is 134 cm³/mol. The van der Waals surface area contributed by atoms with E-state index in [0.29, 0.717) is 38.5 Å². The lowest BCUT2D eigenvalue weighted by molar-refractivity contribution is -0.130. The van der Waals surface area contributed by atoms with Crippen molar-refractivity contribution in [2.75, 3.05) is 26.0 Å². The number of piperidine rings is 1. The van der Waals surface area contributed by atoms with Gasteiger partial charge >= 0.3 is 0 Å². The maximum Gasteiger partial charge on any atom is 0.211 e. The fourth-order valence-electron chi connectivity index (χ4n) is 5.51. The normalized spacial score (nSPS) is 20.7. The summed E-state index contributed by atoms with van der Waals surface area (Å²) in [6.07, 6.45) is 7.70. The third-order valence-electron chi connectivity index (χ3n) is 7.47. The second-order valence-corrected chi connectivity index (χ2v) is 11.9. The van der Waals surface area contributed by atoms with Crippen molar-refractivity contribution < 1.29 is 27.2 Å². The molecule has 0 amide bonds. The van der Waals surface area contributed by atoms with Gasteiger partial charge < -0.3 is 9.15 Å². The Bertz CT molecular complexity index is 1370. The molecule has 2 heterocycles. The molecule has 186 valence electrons. The quantitative estimate of drug-likeness (QED) is 0.343. The summed E-state index contributed by atoms with van der Waals surface area (Å²) in [6, 6.07) is 9.91. The molecule has 3 aromatic rings. The van der Waals surface area contributed by atoms with Crippen LogP contribution in [0.2, 0.25) is 0 Å². The highest BCUT2D eigenvalue weighted by molar-refractivity contribution is 7.88. The minimum Gasteiger partial charge on any atom is -0.494 e. The van der Waals surface area contributed by atoms with Gasteiger partial charge in [0.1, 0.15) is 22.9 Å². The highest BCUT2D eigenvalue weighted by atomic mass is 32.2. The van der Waals surface area contributed by atoms with Crippen LogP contribution < -0.4 is 4.74 Å². The molecule has 2 aliphatic rings. The van der Waals surface area contributed by atoms with E-state index in [0.717, 1.165) is 58.7 Å². The summed E-state index contributed by atoms with van der Waals surface area (Å²) in [5, 5.41) is 2.98. The number of fused-ring (bicyclic) bond motifs is 3. The first-order chi connectivity index (χ1) is 16.8. The first-order valence-electron chi connectivity index (χ1n) is 12.4. The van der Waals surface area contributed by atoms with Gasteiger partial charge in [0.2, 0.25) is 10.0 Å². The second kappa shape index (κ2) is 9.74. The number of rotatable bonds is 7. The molecular weight excluding hydrogens is 466 g/mol. The summed E-state index contributed by atoms with van der Waals surface area (Å²) in [7, 11) is -3.08. The minimum absolute atomic E-state index is 0.0108. The maximum absolute atomic E-state index is 12.5. The van der Waals surface area contributed by atoms with Gasteiger partial charge in [-0.2, -0.15) is 0 Å². The summed E-state index contributed by atoms with van der Waals surface area (Å²) in [5.41, 5.74) is 1.62. The van der Waals surface area contributed by atoms with Crippen LogP contribution in [0.5, 0.6) is 5.75 Å². The Morgan fingerprint density at radius 3 is 2.63 bits per heavy atom. The van der Waals surface area contributed by atoms with Gasteiger partial charge in [0.15, 0.2) is 0 Å². The second-order valence-electron chi connectivity index (χ2n) is 9.88. The molecule has 35 heavy (non-hydrogen) atoms. The molecule has 1 atom stereocenters. The van der Waals surface area contributed by atoms with Crippen LogP contribution in [-0.4, -0.2) is 50.2 Å². The Morgan fingerprint density at radius 2 is 1.89 bits per heavy atom. The summed E-state index contributed by atoms with van der Waals surface area (Å²) in [6.45, 7) is 1.84. The molecule has 1 aliphatic heterocycles. The van der Waals surface area contributed by atoms with Crippen molar-refractivity contribution in [2.24, 2.45) is 5.92 Å². The number of sulfonamides is 1. The van der Waals surface area contributed by atoms with Crippen molar-refractivity contribution in [3.05, 3.63) is 42.2 Å². The molecule has 7 nitrogen and oxygen atoms in total. The summed E-state index contributed by atoms with van der Waals surface area (Å²) in [5.74, 6) is 1.04. The Balaban J connectivity index is 1.23. The molecule has 1 saturated carbocycles. The number of carbonyl (C=O) groups excluding carboxylic acids is 2. The average molecular weight is 498 g/mol. The lowest BCUT2D eigenvalue weighted by atomic mass is 9.81. The van der Waals surface area contributed by atoms with Gasteiger partial charge in [0, 0.05) is 36.4 Å². The maximum atomic E-state index is 12.5. The fraction of sp³-hybridized carbons (Fsp3) is 0.481. The van der Waals surface area contributed by atoms with Crippen LogP contribution in [0.15, 0.2) is 41.0 Å². The molecule has 0 spiro atoms. The summed E-state index contributed by atoms with van der Waals surface area (Å²) < 4.78 is 36.7. The zero-order chi connectivity index (χ0) is 24.6. The third-order valence-corrected chi connectivity index (χ3v) is 8.77. The smallest absolute Gasteiger partial charge is 0.211 e. The molecule has 0 N–H and O–H groups in total. The van der Waals surface area contributed by atoms with Crippen molar-refractivity contribution in [3.63, 3.8) is 0 Å². The molecule has 5 rings (SSSR count). The number of ketones is 2. The van der Waals surface area contributed by atoms with Crippen LogP contribution in [0.25, 0.3) is 21.7 Å². The summed E-state index contributed by atoms with van der Waals surface area (Å²) >= 11 is 0. The average Bonchev–Trinajstić information content (AvgIpc) is 3.26. The van der Waals surface area contributed by atoms with E-state index in [2.05, 4.69) is 0 Å². The Morgan fingerprint density at radius 1 is 1.09 bits per heavy atom. The van der Waals surface area contributed by atoms with E-state index in [4.69, 9.17) is 9.15 Å². The van der Waals surface area contributed by atoms with E-state index in [1.165, 1.54) is 6.26 Å². The van der Waals surface area contributed by atoms with E-state index in [-0.39, 0.29) is 23.9 Å². The lowest BCUT2D eigenvalue weighted by Gasteiger charge is -2.30. The number of furan rings is 1. The number of carbonyl (C=O) groups is 2. The molecule has 0 bridgehead atoms. The number of benzene rings is 2. The van der Waals surface area contributed by atoms with Gasteiger partial charge in [-0.3, -0.25) is 9.59 Å². The Labute approximate surface area is 205 Å². The van der Waals surface area contributed by atoms with Gasteiger partial charge in [-0.25, -0.2) is 12.7 Å². The van der Waals surface area contributed by atoms with Gasteiger partial charge in [-0.15, -0.1) is 0 Å². The van der Waals surface area contributed by atoms with Crippen LogP contribution in [0.1, 0.15) is 56.4 Å². The molecule has 2 fully saturated rings. The van der Waals surface area contributed by atoms with Gasteiger partial charge in [-0.05, 0) is 73.1 Å².